The van der Waals surface area contributed by atoms with Crippen molar-refractivity contribution < 1.29 is 19.1 Å². The number of benzene rings is 2. The molecule has 2 atom stereocenters. The molecule has 1 aliphatic rings. The normalized spacial score (nSPS) is 15.9. The highest BCUT2D eigenvalue weighted by molar-refractivity contribution is 5.83. The minimum atomic E-state index is -0.666. The highest BCUT2D eigenvalue weighted by Gasteiger charge is 2.38. The maximum absolute atomic E-state index is 11.0. The predicted molar refractivity (Wildman–Crippen MR) is 89.8 cm³/mol. The van der Waals surface area contributed by atoms with Crippen LogP contribution < -0.4 is 0 Å². The van der Waals surface area contributed by atoms with Crippen molar-refractivity contribution in [3.05, 3.63) is 59.8 Å². The Kier molecular flexibility index (Phi) is 3.85. The topological polar surface area (TPSA) is 78.4 Å². The van der Waals surface area contributed by atoms with E-state index >= 15 is 0 Å². The molecule has 0 amide bonds. The number of carbonyl (C=O) groups is 2. The third-order valence-corrected chi connectivity index (χ3v) is 4.37. The molecule has 1 aliphatic carbocycles. The number of rotatable bonds is 6. The molecule has 0 radical (unpaired) electrons. The van der Waals surface area contributed by atoms with E-state index in [1.54, 1.807) is 0 Å². The highest BCUT2D eigenvalue weighted by Crippen LogP contribution is 2.45. The molecule has 25 heavy (non-hydrogen) atoms. The first-order valence-electron chi connectivity index (χ1n) is 7.84. The Labute approximate surface area is 143 Å². The smallest absolute Gasteiger partial charge is 0.293 e. The molecule has 0 bridgehead atoms. The zero-order valence-electron chi connectivity index (χ0n) is 13.2. The van der Waals surface area contributed by atoms with Crippen LogP contribution in [0.4, 0.5) is 0 Å². The Bertz CT molecular complexity index is 957. The fourth-order valence-electron chi connectivity index (χ4n) is 3.36. The summed E-state index contributed by atoms with van der Waals surface area (Å²) in [6.07, 6.45) is -0.666. The second-order valence-electron chi connectivity index (χ2n) is 5.71. The van der Waals surface area contributed by atoms with E-state index in [1.807, 2.05) is 48.5 Å². The van der Waals surface area contributed by atoms with Crippen LogP contribution in [0.5, 0.6) is 0 Å². The SMILES string of the molecule is O=COCC(OC=O)C1c2ccccc2-c2nc3ccccc3nc21. The molecule has 0 saturated heterocycles. The molecule has 0 fully saturated rings. The maximum Gasteiger partial charge on any atom is 0.293 e. The number of para-hydroxylation sites is 2. The minimum Gasteiger partial charge on any atom is -0.464 e. The van der Waals surface area contributed by atoms with Crippen LogP contribution in [0, 0.1) is 0 Å². The van der Waals surface area contributed by atoms with Gasteiger partial charge in [0.1, 0.15) is 12.7 Å². The van der Waals surface area contributed by atoms with Crippen molar-refractivity contribution in [1.82, 2.24) is 9.97 Å². The van der Waals surface area contributed by atoms with Crippen LogP contribution >= 0.6 is 0 Å². The van der Waals surface area contributed by atoms with Crippen LogP contribution in [0.2, 0.25) is 0 Å². The molecule has 4 rings (SSSR count). The van der Waals surface area contributed by atoms with Crippen LogP contribution in [0.25, 0.3) is 22.3 Å². The Morgan fingerprint density at radius 2 is 1.68 bits per heavy atom. The van der Waals surface area contributed by atoms with Crippen molar-refractivity contribution in [2.75, 3.05) is 6.61 Å². The molecule has 0 N–H and O–H groups in total. The van der Waals surface area contributed by atoms with Gasteiger partial charge in [-0.2, -0.15) is 0 Å². The molecule has 124 valence electrons. The van der Waals surface area contributed by atoms with E-state index in [4.69, 9.17) is 19.4 Å². The fourth-order valence-corrected chi connectivity index (χ4v) is 3.36. The molecule has 6 nitrogen and oxygen atoms in total. The van der Waals surface area contributed by atoms with Crippen LogP contribution in [0.15, 0.2) is 48.5 Å². The third kappa shape index (κ3) is 2.52. The quantitative estimate of drug-likeness (QED) is 0.644. The maximum atomic E-state index is 11.0. The summed E-state index contributed by atoms with van der Waals surface area (Å²) in [6.45, 7) is 0.665. The molecule has 6 heteroatoms. The Hall–Kier alpha value is -3.28. The van der Waals surface area contributed by atoms with Crippen molar-refractivity contribution in [2.24, 2.45) is 0 Å². The Morgan fingerprint density at radius 3 is 2.44 bits per heavy atom. The van der Waals surface area contributed by atoms with Crippen molar-refractivity contribution in [3.8, 4) is 11.3 Å². The van der Waals surface area contributed by atoms with Crippen LogP contribution in [0.1, 0.15) is 17.2 Å². The number of hydrogen-bond acceptors (Lipinski definition) is 6. The van der Waals surface area contributed by atoms with E-state index in [9.17, 15) is 9.59 Å². The number of hydrogen-bond donors (Lipinski definition) is 0. The molecule has 1 aromatic heterocycles. The first kappa shape index (κ1) is 15.3. The lowest BCUT2D eigenvalue weighted by Gasteiger charge is -2.22. The van der Waals surface area contributed by atoms with E-state index < -0.39 is 6.10 Å². The highest BCUT2D eigenvalue weighted by atomic mass is 16.6. The summed E-state index contributed by atoms with van der Waals surface area (Å²) in [6, 6.07) is 15.4. The van der Waals surface area contributed by atoms with E-state index in [1.165, 1.54) is 0 Å². The molecule has 2 unspecified atom stereocenters. The summed E-state index contributed by atoms with van der Waals surface area (Å²) in [5, 5.41) is 0. The van der Waals surface area contributed by atoms with E-state index in [2.05, 4.69) is 0 Å². The largest absolute Gasteiger partial charge is 0.464 e. The second-order valence-corrected chi connectivity index (χ2v) is 5.71. The zero-order valence-corrected chi connectivity index (χ0v) is 13.2. The van der Waals surface area contributed by atoms with E-state index in [0.717, 1.165) is 33.5 Å². The Morgan fingerprint density at radius 1 is 0.960 bits per heavy atom. The molecular formula is C19H14N2O4. The molecule has 0 aliphatic heterocycles. The summed E-state index contributed by atoms with van der Waals surface area (Å²) in [7, 11) is 0. The van der Waals surface area contributed by atoms with Gasteiger partial charge < -0.3 is 9.47 Å². The van der Waals surface area contributed by atoms with Gasteiger partial charge >= 0.3 is 0 Å². The van der Waals surface area contributed by atoms with Gasteiger partial charge in [0.25, 0.3) is 12.9 Å². The van der Waals surface area contributed by atoms with E-state index in [0.29, 0.717) is 12.9 Å². The number of fused-ring (bicyclic) bond motifs is 4. The average molecular weight is 334 g/mol. The fraction of sp³-hybridized carbons (Fsp3) is 0.158. The van der Waals surface area contributed by atoms with Crippen molar-refractivity contribution in [3.63, 3.8) is 0 Å². The van der Waals surface area contributed by atoms with Gasteiger partial charge in [-0.3, -0.25) is 9.59 Å². The molecule has 1 heterocycles. The van der Waals surface area contributed by atoms with Crippen molar-refractivity contribution in [1.29, 1.82) is 0 Å². The average Bonchev–Trinajstić information content (AvgIpc) is 2.97. The minimum absolute atomic E-state index is 0.0464. The monoisotopic (exact) mass is 334 g/mol. The predicted octanol–water partition coefficient (Wildman–Crippen LogP) is 2.46. The third-order valence-electron chi connectivity index (χ3n) is 4.37. The summed E-state index contributed by atoms with van der Waals surface area (Å²) in [5.74, 6) is -0.339. The van der Waals surface area contributed by atoms with Crippen LogP contribution in [0.3, 0.4) is 0 Å². The molecule has 2 aromatic carbocycles. The van der Waals surface area contributed by atoms with Crippen LogP contribution in [-0.2, 0) is 19.1 Å². The van der Waals surface area contributed by atoms with Crippen molar-refractivity contribution >= 4 is 24.0 Å². The Balaban J connectivity index is 1.91. The van der Waals surface area contributed by atoms with Gasteiger partial charge in [0.05, 0.1) is 28.3 Å². The first-order chi connectivity index (χ1) is 12.3. The zero-order chi connectivity index (χ0) is 17.2. The number of ether oxygens (including phenoxy) is 2. The summed E-state index contributed by atoms with van der Waals surface area (Å²) in [5.41, 5.74) is 4.96. The van der Waals surface area contributed by atoms with Crippen LogP contribution in [-0.4, -0.2) is 35.6 Å². The lowest BCUT2D eigenvalue weighted by molar-refractivity contribution is -0.143. The van der Waals surface area contributed by atoms with Gasteiger partial charge in [-0.1, -0.05) is 36.4 Å². The summed E-state index contributed by atoms with van der Waals surface area (Å²) < 4.78 is 10.1. The summed E-state index contributed by atoms with van der Waals surface area (Å²) in [4.78, 5) is 31.1. The van der Waals surface area contributed by atoms with Gasteiger partial charge in [0.15, 0.2) is 0 Å². The standard InChI is InChI=1S/C19H14N2O4/c22-10-24-9-16(25-11-23)17-12-5-1-2-6-13(12)18-19(17)21-15-8-4-3-7-14(15)20-18/h1-8,10-11,16-17H,9H2. The van der Waals surface area contributed by atoms with Crippen molar-refractivity contribution in [2.45, 2.75) is 12.0 Å². The van der Waals surface area contributed by atoms with Gasteiger partial charge in [-0.25, -0.2) is 9.97 Å². The van der Waals surface area contributed by atoms with E-state index in [-0.39, 0.29) is 12.5 Å². The molecule has 0 saturated carbocycles. The molecule has 3 aromatic rings. The lowest BCUT2D eigenvalue weighted by atomic mass is 9.94. The number of carbonyl (C=O) groups excluding carboxylic acids is 2. The van der Waals surface area contributed by atoms with Gasteiger partial charge in [0.2, 0.25) is 0 Å². The van der Waals surface area contributed by atoms with Gasteiger partial charge in [-0.05, 0) is 17.7 Å². The van der Waals surface area contributed by atoms with Gasteiger partial charge in [-0.15, -0.1) is 0 Å². The first-order valence-corrected chi connectivity index (χ1v) is 7.84. The molecule has 0 spiro atoms. The second kappa shape index (κ2) is 6.32. The molecular weight excluding hydrogens is 320 g/mol. The number of nitrogens with zero attached hydrogens (tertiary/aromatic N) is 2. The summed E-state index contributed by atoms with van der Waals surface area (Å²) >= 11 is 0. The lowest BCUT2D eigenvalue weighted by Crippen LogP contribution is -2.27. The number of aromatic nitrogens is 2. The van der Waals surface area contributed by atoms with Gasteiger partial charge in [0, 0.05) is 5.56 Å².